The summed E-state index contributed by atoms with van der Waals surface area (Å²) in [7, 11) is 0. The van der Waals surface area contributed by atoms with E-state index in [0.29, 0.717) is 0 Å². The number of aliphatic hydroxyl groups is 1. The number of nitrogens with one attached hydrogen (secondary N) is 2. The van der Waals surface area contributed by atoms with E-state index >= 15 is 0 Å². The summed E-state index contributed by atoms with van der Waals surface area (Å²) in [4.78, 5) is 12.4. The lowest BCUT2D eigenvalue weighted by atomic mass is 10.2. The Kier molecular flexibility index (Phi) is 4.35. The molecule has 2 heterocycles. The molecule has 0 radical (unpaired) electrons. The van der Waals surface area contributed by atoms with E-state index in [2.05, 4.69) is 10.6 Å². The average Bonchev–Trinajstić information content (AvgIpc) is 2.97. The van der Waals surface area contributed by atoms with Crippen molar-refractivity contribution in [2.75, 3.05) is 11.9 Å². The summed E-state index contributed by atoms with van der Waals surface area (Å²) in [6.45, 7) is 2.15. The van der Waals surface area contributed by atoms with Crippen LogP contribution in [0, 0.1) is 6.92 Å². The summed E-state index contributed by atoms with van der Waals surface area (Å²) in [6.07, 6.45) is -0.654. The van der Waals surface area contributed by atoms with Gasteiger partial charge in [0.2, 0.25) is 0 Å². The van der Waals surface area contributed by atoms with E-state index in [4.69, 9.17) is 0 Å². The zero-order chi connectivity index (χ0) is 13.0. The molecular weight excluding hydrogens is 268 g/mol. The van der Waals surface area contributed by atoms with Crippen molar-refractivity contribution in [1.82, 2.24) is 5.32 Å². The van der Waals surface area contributed by atoms with Crippen LogP contribution in [-0.2, 0) is 0 Å². The van der Waals surface area contributed by atoms with E-state index in [1.807, 2.05) is 35.9 Å². The molecule has 1 unspecified atom stereocenters. The van der Waals surface area contributed by atoms with Crippen LogP contribution in [0.15, 0.2) is 29.0 Å². The lowest BCUT2D eigenvalue weighted by Gasteiger charge is -2.11. The summed E-state index contributed by atoms with van der Waals surface area (Å²) < 4.78 is 0. The molecule has 0 aliphatic heterocycles. The Labute approximate surface area is 113 Å². The largest absolute Gasteiger partial charge is 0.386 e. The van der Waals surface area contributed by atoms with Crippen LogP contribution in [0.1, 0.15) is 16.5 Å². The lowest BCUT2D eigenvalue weighted by Crippen LogP contribution is -2.32. The average molecular weight is 282 g/mol. The minimum atomic E-state index is -0.654. The SMILES string of the molecule is Cc1ccsc1C(O)CNC(=O)Nc1cccs1. The van der Waals surface area contributed by atoms with Crippen molar-refractivity contribution in [3.8, 4) is 0 Å². The Bertz CT molecular complexity index is 508. The molecule has 3 N–H and O–H groups in total. The Morgan fingerprint density at radius 3 is 2.83 bits per heavy atom. The van der Waals surface area contributed by atoms with Gasteiger partial charge >= 0.3 is 6.03 Å². The quantitative estimate of drug-likeness (QED) is 0.807. The highest BCUT2D eigenvalue weighted by molar-refractivity contribution is 7.14. The standard InChI is InChI=1S/C12H14N2O2S2/c1-8-4-6-18-11(8)9(15)7-13-12(16)14-10-3-2-5-17-10/h2-6,9,15H,7H2,1H3,(H2,13,14,16). The zero-order valence-corrected chi connectivity index (χ0v) is 11.5. The number of aryl methyl sites for hydroxylation is 1. The molecule has 96 valence electrons. The first kappa shape index (κ1) is 13.1. The van der Waals surface area contributed by atoms with Gasteiger partial charge in [0.25, 0.3) is 0 Å². The van der Waals surface area contributed by atoms with Gasteiger partial charge in [0, 0.05) is 4.88 Å². The molecule has 0 bridgehead atoms. The highest BCUT2D eigenvalue weighted by Crippen LogP contribution is 2.23. The Morgan fingerprint density at radius 2 is 2.22 bits per heavy atom. The van der Waals surface area contributed by atoms with Crippen molar-refractivity contribution in [3.05, 3.63) is 39.4 Å². The Hall–Kier alpha value is -1.37. The van der Waals surface area contributed by atoms with Gasteiger partial charge in [-0.1, -0.05) is 0 Å². The van der Waals surface area contributed by atoms with E-state index in [1.165, 1.54) is 22.7 Å². The molecule has 1 atom stereocenters. The third-order valence-electron chi connectivity index (χ3n) is 2.42. The third-order valence-corrected chi connectivity index (χ3v) is 4.32. The molecule has 2 amide bonds. The first-order valence-corrected chi connectivity index (χ1v) is 7.23. The van der Waals surface area contributed by atoms with Gasteiger partial charge in [-0.25, -0.2) is 4.79 Å². The maximum Gasteiger partial charge on any atom is 0.319 e. The molecular formula is C12H14N2O2S2. The molecule has 4 nitrogen and oxygen atoms in total. The van der Waals surface area contributed by atoms with E-state index in [9.17, 15) is 9.90 Å². The number of carbonyl (C=O) groups excluding carboxylic acids is 1. The van der Waals surface area contributed by atoms with Crippen molar-refractivity contribution in [1.29, 1.82) is 0 Å². The minimum Gasteiger partial charge on any atom is -0.386 e. The number of carbonyl (C=O) groups is 1. The number of anilines is 1. The maximum atomic E-state index is 11.5. The fourth-order valence-corrected chi connectivity index (χ4v) is 3.04. The molecule has 0 spiro atoms. The maximum absolute atomic E-state index is 11.5. The summed E-state index contributed by atoms with van der Waals surface area (Å²) in [6, 6.07) is 5.34. The van der Waals surface area contributed by atoms with Crippen LogP contribution in [0.3, 0.4) is 0 Å². The van der Waals surface area contributed by atoms with E-state index in [0.717, 1.165) is 15.4 Å². The number of amides is 2. The second-order valence-electron chi connectivity index (χ2n) is 3.80. The molecule has 0 aliphatic rings. The van der Waals surface area contributed by atoms with Gasteiger partial charge in [-0.3, -0.25) is 5.32 Å². The molecule has 0 saturated heterocycles. The van der Waals surface area contributed by atoms with Gasteiger partial charge in [-0.15, -0.1) is 22.7 Å². The number of thiophene rings is 2. The molecule has 0 fully saturated rings. The lowest BCUT2D eigenvalue weighted by molar-refractivity contribution is 0.178. The van der Waals surface area contributed by atoms with Crippen LogP contribution in [0.25, 0.3) is 0 Å². The number of hydrogen-bond acceptors (Lipinski definition) is 4. The fraction of sp³-hybridized carbons (Fsp3) is 0.250. The van der Waals surface area contributed by atoms with Crippen LogP contribution in [0.4, 0.5) is 9.80 Å². The Balaban J connectivity index is 1.81. The topological polar surface area (TPSA) is 61.4 Å². The fourth-order valence-electron chi connectivity index (χ4n) is 1.51. The van der Waals surface area contributed by atoms with Gasteiger partial charge in [-0.2, -0.15) is 0 Å². The molecule has 2 rings (SSSR count). The monoisotopic (exact) mass is 282 g/mol. The van der Waals surface area contributed by atoms with Crippen molar-refractivity contribution in [2.24, 2.45) is 0 Å². The van der Waals surface area contributed by atoms with Crippen LogP contribution < -0.4 is 10.6 Å². The van der Waals surface area contributed by atoms with Gasteiger partial charge in [-0.05, 0) is 41.4 Å². The summed E-state index contributed by atoms with van der Waals surface area (Å²) in [5, 5.41) is 19.9. The summed E-state index contributed by atoms with van der Waals surface area (Å²) >= 11 is 2.95. The molecule has 2 aromatic rings. The van der Waals surface area contributed by atoms with E-state index < -0.39 is 6.10 Å². The Morgan fingerprint density at radius 1 is 1.39 bits per heavy atom. The molecule has 0 aliphatic carbocycles. The molecule has 18 heavy (non-hydrogen) atoms. The van der Waals surface area contributed by atoms with Crippen molar-refractivity contribution >= 4 is 33.7 Å². The van der Waals surface area contributed by atoms with Gasteiger partial charge in [0.05, 0.1) is 11.5 Å². The van der Waals surface area contributed by atoms with Crippen molar-refractivity contribution < 1.29 is 9.90 Å². The van der Waals surface area contributed by atoms with Crippen LogP contribution in [0.2, 0.25) is 0 Å². The summed E-state index contributed by atoms with van der Waals surface area (Å²) in [5.74, 6) is 0. The van der Waals surface area contributed by atoms with Crippen LogP contribution >= 0.6 is 22.7 Å². The second kappa shape index (κ2) is 5.99. The first-order chi connectivity index (χ1) is 8.66. The number of urea groups is 1. The second-order valence-corrected chi connectivity index (χ2v) is 5.69. The van der Waals surface area contributed by atoms with Gasteiger partial charge in [0.15, 0.2) is 0 Å². The van der Waals surface area contributed by atoms with Crippen LogP contribution in [-0.4, -0.2) is 17.7 Å². The highest BCUT2D eigenvalue weighted by atomic mass is 32.1. The molecule has 0 saturated carbocycles. The van der Waals surface area contributed by atoms with Crippen molar-refractivity contribution in [2.45, 2.75) is 13.0 Å². The van der Waals surface area contributed by atoms with E-state index in [1.54, 1.807) is 0 Å². The number of hydrogen-bond donors (Lipinski definition) is 3. The number of rotatable bonds is 4. The minimum absolute atomic E-state index is 0.207. The van der Waals surface area contributed by atoms with Crippen LogP contribution in [0.5, 0.6) is 0 Å². The normalized spacial score (nSPS) is 12.1. The number of aliphatic hydroxyl groups excluding tert-OH is 1. The molecule has 2 aromatic heterocycles. The highest BCUT2D eigenvalue weighted by Gasteiger charge is 2.13. The third kappa shape index (κ3) is 3.32. The first-order valence-electron chi connectivity index (χ1n) is 5.47. The smallest absolute Gasteiger partial charge is 0.319 e. The predicted octanol–water partition coefficient (Wildman–Crippen LogP) is 2.97. The predicted molar refractivity (Wildman–Crippen MR) is 75.4 cm³/mol. The molecule has 0 aromatic carbocycles. The summed E-state index contributed by atoms with van der Waals surface area (Å²) in [5.41, 5.74) is 1.05. The zero-order valence-electron chi connectivity index (χ0n) is 9.84. The van der Waals surface area contributed by atoms with E-state index in [-0.39, 0.29) is 12.6 Å². The molecule has 6 heteroatoms. The van der Waals surface area contributed by atoms with Gasteiger partial charge < -0.3 is 10.4 Å². The van der Waals surface area contributed by atoms with Gasteiger partial charge in [0.1, 0.15) is 6.10 Å². The van der Waals surface area contributed by atoms with Crippen molar-refractivity contribution in [3.63, 3.8) is 0 Å².